The zero-order chi connectivity index (χ0) is 17.6. The van der Waals surface area contributed by atoms with E-state index in [1.54, 1.807) is 48.5 Å². The average molecular weight is 377 g/mol. The van der Waals surface area contributed by atoms with Gasteiger partial charge in [0.2, 0.25) is 0 Å². The van der Waals surface area contributed by atoms with E-state index in [-0.39, 0.29) is 12.1 Å². The highest BCUT2D eigenvalue weighted by Gasteiger charge is 2.15. The lowest BCUT2D eigenvalue weighted by Crippen LogP contribution is -2.24. The SMILES string of the molecule is O=C(C=Cc1cccc(Cl)c1Cl)c1ccc(OC2CCCCO2)cc1. The Labute approximate surface area is 157 Å². The van der Waals surface area contributed by atoms with Crippen molar-refractivity contribution in [3.05, 3.63) is 69.7 Å². The molecule has 1 aliphatic rings. The van der Waals surface area contributed by atoms with Crippen LogP contribution in [0.3, 0.4) is 0 Å². The minimum absolute atomic E-state index is 0.114. The maximum absolute atomic E-state index is 12.3. The molecule has 0 N–H and O–H groups in total. The predicted molar refractivity (Wildman–Crippen MR) is 100 cm³/mol. The molecule has 2 aromatic carbocycles. The van der Waals surface area contributed by atoms with Gasteiger partial charge in [-0.1, -0.05) is 35.3 Å². The molecule has 3 rings (SSSR count). The second kappa shape index (κ2) is 8.52. The van der Waals surface area contributed by atoms with Gasteiger partial charge in [-0.25, -0.2) is 0 Å². The van der Waals surface area contributed by atoms with E-state index in [0.29, 0.717) is 26.9 Å². The van der Waals surface area contributed by atoms with E-state index >= 15 is 0 Å². The number of ketones is 1. The van der Waals surface area contributed by atoms with Crippen molar-refractivity contribution in [1.29, 1.82) is 0 Å². The second-order valence-corrected chi connectivity index (χ2v) is 6.56. The summed E-state index contributed by atoms with van der Waals surface area (Å²) < 4.78 is 11.3. The lowest BCUT2D eigenvalue weighted by molar-refractivity contribution is -0.105. The van der Waals surface area contributed by atoms with Gasteiger partial charge in [-0.15, -0.1) is 0 Å². The van der Waals surface area contributed by atoms with Crippen LogP contribution in [0.4, 0.5) is 0 Å². The van der Waals surface area contributed by atoms with Crippen LogP contribution in [-0.4, -0.2) is 18.7 Å². The summed E-state index contributed by atoms with van der Waals surface area (Å²) in [7, 11) is 0. The Morgan fingerprint density at radius 2 is 1.92 bits per heavy atom. The molecule has 25 heavy (non-hydrogen) atoms. The second-order valence-electron chi connectivity index (χ2n) is 5.78. The number of benzene rings is 2. The molecule has 0 amide bonds. The Balaban J connectivity index is 1.64. The molecule has 1 aliphatic heterocycles. The van der Waals surface area contributed by atoms with E-state index in [1.165, 1.54) is 6.08 Å². The summed E-state index contributed by atoms with van der Waals surface area (Å²) in [5.74, 6) is 0.585. The maximum atomic E-state index is 12.3. The Hall–Kier alpha value is -1.81. The van der Waals surface area contributed by atoms with Gasteiger partial charge in [0.15, 0.2) is 12.1 Å². The molecule has 2 aromatic rings. The van der Waals surface area contributed by atoms with Crippen molar-refractivity contribution in [1.82, 2.24) is 0 Å². The van der Waals surface area contributed by atoms with Crippen LogP contribution in [0.25, 0.3) is 6.08 Å². The summed E-state index contributed by atoms with van der Waals surface area (Å²) >= 11 is 12.1. The number of carbonyl (C=O) groups excluding carboxylic acids is 1. The van der Waals surface area contributed by atoms with Crippen LogP contribution in [0.5, 0.6) is 5.75 Å². The largest absolute Gasteiger partial charge is 0.465 e. The van der Waals surface area contributed by atoms with Gasteiger partial charge in [0.1, 0.15) is 5.75 Å². The summed E-state index contributed by atoms with van der Waals surface area (Å²) in [6, 6.07) is 12.3. The van der Waals surface area contributed by atoms with Crippen LogP contribution in [0.2, 0.25) is 10.0 Å². The zero-order valence-electron chi connectivity index (χ0n) is 13.6. The van der Waals surface area contributed by atoms with Gasteiger partial charge in [-0.2, -0.15) is 0 Å². The number of carbonyl (C=O) groups is 1. The first-order valence-corrected chi connectivity index (χ1v) is 8.94. The van der Waals surface area contributed by atoms with Crippen molar-refractivity contribution < 1.29 is 14.3 Å². The third kappa shape index (κ3) is 4.85. The summed E-state index contributed by atoms with van der Waals surface area (Å²) in [5, 5.41) is 0.896. The van der Waals surface area contributed by atoms with Gasteiger partial charge in [0.25, 0.3) is 0 Å². The topological polar surface area (TPSA) is 35.5 Å². The van der Waals surface area contributed by atoms with Crippen molar-refractivity contribution in [2.75, 3.05) is 6.61 Å². The van der Waals surface area contributed by atoms with Gasteiger partial charge >= 0.3 is 0 Å². The van der Waals surface area contributed by atoms with Crippen molar-refractivity contribution in [3.63, 3.8) is 0 Å². The van der Waals surface area contributed by atoms with Crippen LogP contribution in [0.15, 0.2) is 48.5 Å². The zero-order valence-corrected chi connectivity index (χ0v) is 15.1. The molecule has 0 aromatic heterocycles. The number of hydrogen-bond acceptors (Lipinski definition) is 3. The number of rotatable bonds is 5. The Bertz CT molecular complexity index is 763. The first kappa shape index (κ1) is 18.0. The third-order valence-corrected chi connectivity index (χ3v) is 4.77. The van der Waals surface area contributed by atoms with Gasteiger partial charge < -0.3 is 9.47 Å². The minimum Gasteiger partial charge on any atom is -0.465 e. The summed E-state index contributed by atoms with van der Waals surface area (Å²) in [6.45, 7) is 0.734. The lowest BCUT2D eigenvalue weighted by Gasteiger charge is -2.23. The highest BCUT2D eigenvalue weighted by atomic mass is 35.5. The molecule has 130 valence electrons. The number of hydrogen-bond donors (Lipinski definition) is 0. The fraction of sp³-hybridized carbons (Fsp3) is 0.250. The molecule has 1 unspecified atom stereocenters. The first-order chi connectivity index (χ1) is 12.1. The molecule has 1 heterocycles. The van der Waals surface area contributed by atoms with E-state index in [0.717, 1.165) is 25.9 Å². The molecule has 0 spiro atoms. The Kier molecular flexibility index (Phi) is 6.14. The molecule has 5 heteroatoms. The van der Waals surface area contributed by atoms with Crippen LogP contribution >= 0.6 is 23.2 Å². The molecular weight excluding hydrogens is 359 g/mol. The lowest BCUT2D eigenvalue weighted by atomic mass is 10.1. The van der Waals surface area contributed by atoms with Crippen molar-refractivity contribution in [3.8, 4) is 5.75 Å². The number of allylic oxidation sites excluding steroid dienone is 1. The van der Waals surface area contributed by atoms with Crippen LogP contribution in [0, 0.1) is 0 Å². The Morgan fingerprint density at radius 3 is 2.64 bits per heavy atom. The van der Waals surface area contributed by atoms with Gasteiger partial charge in [0, 0.05) is 12.0 Å². The van der Waals surface area contributed by atoms with Crippen molar-refractivity contribution in [2.45, 2.75) is 25.6 Å². The number of halogens is 2. The summed E-state index contributed by atoms with van der Waals surface area (Å²) in [4.78, 5) is 12.3. The predicted octanol–water partition coefficient (Wildman–Crippen LogP) is 5.79. The van der Waals surface area contributed by atoms with Crippen LogP contribution in [-0.2, 0) is 4.74 Å². The highest BCUT2D eigenvalue weighted by molar-refractivity contribution is 6.42. The molecule has 1 atom stereocenters. The molecule has 0 radical (unpaired) electrons. The monoisotopic (exact) mass is 376 g/mol. The fourth-order valence-corrected chi connectivity index (χ4v) is 2.94. The van der Waals surface area contributed by atoms with Crippen molar-refractivity contribution in [2.24, 2.45) is 0 Å². The van der Waals surface area contributed by atoms with E-state index in [9.17, 15) is 4.79 Å². The third-order valence-electron chi connectivity index (χ3n) is 3.94. The quantitative estimate of drug-likeness (QED) is 0.488. The molecule has 0 saturated carbocycles. The average Bonchev–Trinajstić information content (AvgIpc) is 2.64. The van der Waals surface area contributed by atoms with Gasteiger partial charge in [-0.3, -0.25) is 4.79 Å². The van der Waals surface area contributed by atoms with Crippen molar-refractivity contribution >= 4 is 35.1 Å². The van der Waals surface area contributed by atoms with E-state index < -0.39 is 0 Å². The molecule has 0 bridgehead atoms. The smallest absolute Gasteiger partial charge is 0.199 e. The fourth-order valence-electron chi connectivity index (χ4n) is 2.56. The molecule has 0 aliphatic carbocycles. The van der Waals surface area contributed by atoms with E-state index in [4.69, 9.17) is 32.7 Å². The van der Waals surface area contributed by atoms with Crippen LogP contribution < -0.4 is 4.74 Å². The standard InChI is InChI=1S/C20H18Cl2O3/c21-17-5-3-4-15(20(17)22)9-12-18(23)14-7-10-16(11-8-14)25-19-6-1-2-13-24-19/h3-5,7-12,19H,1-2,6,13H2. The summed E-state index contributed by atoms with van der Waals surface area (Å²) in [5.41, 5.74) is 1.28. The molecular formula is C20H18Cl2O3. The molecule has 1 saturated heterocycles. The highest BCUT2D eigenvalue weighted by Crippen LogP contribution is 2.26. The molecule has 1 fully saturated rings. The normalized spacial score (nSPS) is 17.6. The Morgan fingerprint density at radius 1 is 1.12 bits per heavy atom. The maximum Gasteiger partial charge on any atom is 0.199 e. The van der Waals surface area contributed by atoms with Gasteiger partial charge in [-0.05, 0) is 60.9 Å². The number of ether oxygens (including phenoxy) is 2. The van der Waals surface area contributed by atoms with E-state index in [2.05, 4.69) is 0 Å². The van der Waals surface area contributed by atoms with Gasteiger partial charge in [0.05, 0.1) is 16.7 Å². The first-order valence-electron chi connectivity index (χ1n) is 8.18. The summed E-state index contributed by atoms with van der Waals surface area (Å²) in [6.07, 6.45) is 6.03. The molecule has 3 nitrogen and oxygen atoms in total. The van der Waals surface area contributed by atoms with Crippen LogP contribution in [0.1, 0.15) is 35.2 Å². The van der Waals surface area contributed by atoms with E-state index in [1.807, 2.05) is 0 Å². The minimum atomic E-state index is -0.194.